The van der Waals surface area contributed by atoms with Crippen molar-refractivity contribution in [1.29, 1.82) is 0 Å². The van der Waals surface area contributed by atoms with Crippen LogP contribution in [0, 0.1) is 11.3 Å². The van der Waals surface area contributed by atoms with E-state index in [9.17, 15) is 31.1 Å². The molecule has 0 radical (unpaired) electrons. The summed E-state index contributed by atoms with van der Waals surface area (Å²) in [6.45, 7) is 5.03. The Morgan fingerprint density at radius 1 is 0.973 bits per heavy atom. The Labute approximate surface area is 210 Å². The Hall–Kier alpha value is -1.95. The van der Waals surface area contributed by atoms with Crippen LogP contribution in [-0.4, -0.2) is 72.1 Å². The maximum atomic E-state index is 15.5. The number of rotatable bonds is 5. The van der Waals surface area contributed by atoms with Gasteiger partial charge >= 0.3 is 12.4 Å². The molecular weight excluding hydrogens is 510 g/mol. The first kappa shape index (κ1) is 28.1. The Morgan fingerprint density at radius 3 is 2.16 bits per heavy atom. The van der Waals surface area contributed by atoms with Crippen LogP contribution in [0.5, 0.6) is 0 Å². The molecule has 1 atom stereocenters. The van der Waals surface area contributed by atoms with Crippen molar-refractivity contribution in [2.45, 2.75) is 63.5 Å². The molecule has 1 unspecified atom stereocenters. The number of likely N-dealkylation sites (N-methyl/N-ethyl adjacent to an activating group) is 1. The van der Waals surface area contributed by atoms with E-state index in [1.54, 1.807) is 0 Å². The van der Waals surface area contributed by atoms with Crippen molar-refractivity contribution in [1.82, 2.24) is 14.7 Å². The summed E-state index contributed by atoms with van der Waals surface area (Å²) in [5, 5.41) is 0. The van der Waals surface area contributed by atoms with Crippen molar-refractivity contribution in [3.05, 3.63) is 34.9 Å². The first-order valence-electron chi connectivity index (χ1n) is 12.3. The predicted molar refractivity (Wildman–Crippen MR) is 120 cm³/mol. The Bertz CT molecular complexity index is 1030. The van der Waals surface area contributed by atoms with Gasteiger partial charge in [-0.2, -0.15) is 26.3 Å². The quantitative estimate of drug-likeness (QED) is 0.460. The van der Waals surface area contributed by atoms with E-state index >= 15 is 8.78 Å². The molecule has 1 aromatic rings. The van der Waals surface area contributed by atoms with Gasteiger partial charge in [-0.15, -0.1) is 0 Å². The highest BCUT2D eigenvalue weighted by molar-refractivity contribution is 5.86. The summed E-state index contributed by atoms with van der Waals surface area (Å²) in [4.78, 5) is 17.3. The van der Waals surface area contributed by atoms with E-state index in [4.69, 9.17) is 0 Å². The maximum Gasteiger partial charge on any atom is 0.416 e. The molecule has 12 heteroatoms. The zero-order valence-corrected chi connectivity index (χ0v) is 20.9. The Balaban J connectivity index is 1.56. The van der Waals surface area contributed by atoms with Crippen molar-refractivity contribution in [2.75, 3.05) is 39.8 Å². The SMILES string of the molecule is CN1CCN(Cc2ccc(C(F)(F)C3CCN(C(=O)C4(C(F)(F)F)CC4)C3)c(C(F)(F)F)c2)C(C)(C)C1. The summed E-state index contributed by atoms with van der Waals surface area (Å²) in [6, 6.07) is 2.79. The fraction of sp³-hybridized carbons (Fsp3) is 0.720. The minimum absolute atomic E-state index is 0.154. The van der Waals surface area contributed by atoms with Crippen molar-refractivity contribution in [3.63, 3.8) is 0 Å². The molecule has 2 saturated heterocycles. The fourth-order valence-corrected chi connectivity index (χ4v) is 5.67. The van der Waals surface area contributed by atoms with Gasteiger partial charge in [-0.05, 0) is 51.8 Å². The van der Waals surface area contributed by atoms with E-state index in [1.807, 2.05) is 25.8 Å². The first-order valence-corrected chi connectivity index (χ1v) is 12.3. The first-order chi connectivity index (χ1) is 16.9. The van der Waals surface area contributed by atoms with Crippen LogP contribution in [0.1, 0.15) is 49.8 Å². The molecule has 4 rings (SSSR count). The van der Waals surface area contributed by atoms with Crippen LogP contribution in [0.4, 0.5) is 35.1 Å². The van der Waals surface area contributed by atoms with Crippen LogP contribution in [0.2, 0.25) is 0 Å². The number of hydrogen-bond donors (Lipinski definition) is 0. The maximum absolute atomic E-state index is 15.5. The standard InChI is InChI=1S/C25H31F8N3O/c1-21(2)15-34(3)10-11-36(21)13-16-4-5-18(19(12-16)24(28,29)30)23(26,27)17-6-9-35(14-17)20(37)22(7-8-22)25(31,32)33/h4-5,12,17H,6-11,13-15H2,1-3H3. The number of benzene rings is 1. The largest absolute Gasteiger partial charge is 0.416 e. The summed E-state index contributed by atoms with van der Waals surface area (Å²) in [5.41, 5.74) is -5.30. The Kier molecular flexibility index (Phi) is 6.88. The molecule has 0 N–H and O–H groups in total. The number of carbonyl (C=O) groups is 1. The third-order valence-corrected chi connectivity index (χ3v) is 8.08. The van der Waals surface area contributed by atoms with Crippen molar-refractivity contribution in [2.24, 2.45) is 11.3 Å². The lowest BCUT2D eigenvalue weighted by atomic mass is 9.89. The molecule has 1 saturated carbocycles. The van der Waals surface area contributed by atoms with Gasteiger partial charge in [0.1, 0.15) is 5.41 Å². The molecule has 3 aliphatic rings. The summed E-state index contributed by atoms with van der Waals surface area (Å²) < 4.78 is 113. The lowest BCUT2D eigenvalue weighted by molar-refractivity contribution is -0.198. The second-order valence-corrected chi connectivity index (χ2v) is 11.3. The van der Waals surface area contributed by atoms with Crippen LogP contribution in [0.15, 0.2) is 18.2 Å². The molecule has 4 nitrogen and oxygen atoms in total. The summed E-state index contributed by atoms with van der Waals surface area (Å²) >= 11 is 0. The zero-order chi connectivity index (χ0) is 27.6. The molecule has 208 valence electrons. The number of amides is 1. The van der Waals surface area contributed by atoms with Gasteiger partial charge in [-0.3, -0.25) is 9.69 Å². The van der Waals surface area contributed by atoms with Crippen LogP contribution >= 0.6 is 0 Å². The van der Waals surface area contributed by atoms with E-state index in [0.29, 0.717) is 13.1 Å². The van der Waals surface area contributed by atoms with Crippen molar-refractivity contribution >= 4 is 5.91 Å². The average Bonchev–Trinajstić information content (AvgIpc) is 3.44. The van der Waals surface area contributed by atoms with Crippen LogP contribution in [0.3, 0.4) is 0 Å². The fourth-order valence-electron chi connectivity index (χ4n) is 5.67. The summed E-state index contributed by atoms with van der Waals surface area (Å²) in [6.07, 6.45) is -11.0. The number of piperazine rings is 1. The third-order valence-electron chi connectivity index (χ3n) is 8.08. The molecule has 1 aliphatic carbocycles. The van der Waals surface area contributed by atoms with Gasteiger partial charge in [-0.1, -0.05) is 12.1 Å². The number of halogens is 8. The molecule has 1 amide bonds. The molecule has 2 aliphatic heterocycles. The molecule has 0 spiro atoms. The molecular formula is C25H31F8N3O. The topological polar surface area (TPSA) is 26.8 Å². The normalized spacial score (nSPS) is 24.9. The Morgan fingerprint density at radius 2 is 1.62 bits per heavy atom. The van der Waals surface area contributed by atoms with Gasteiger partial charge in [0.05, 0.1) is 5.56 Å². The van der Waals surface area contributed by atoms with Crippen LogP contribution < -0.4 is 0 Å². The molecule has 0 bridgehead atoms. The third kappa shape index (κ3) is 5.20. The van der Waals surface area contributed by atoms with E-state index in [2.05, 4.69) is 4.90 Å². The highest BCUT2D eigenvalue weighted by atomic mass is 19.4. The van der Waals surface area contributed by atoms with Crippen molar-refractivity contribution < 1.29 is 39.9 Å². The lowest BCUT2D eigenvalue weighted by Crippen LogP contribution is -2.57. The van der Waals surface area contributed by atoms with Gasteiger partial charge in [0.15, 0.2) is 0 Å². The molecule has 0 aromatic heterocycles. The van der Waals surface area contributed by atoms with Gasteiger partial charge < -0.3 is 9.80 Å². The molecule has 2 heterocycles. The van der Waals surface area contributed by atoms with Crippen LogP contribution in [-0.2, 0) is 23.4 Å². The second-order valence-electron chi connectivity index (χ2n) is 11.3. The van der Waals surface area contributed by atoms with Crippen LogP contribution in [0.25, 0.3) is 0 Å². The summed E-state index contributed by atoms with van der Waals surface area (Å²) in [7, 11) is 1.95. The minimum atomic E-state index is -5.06. The average molecular weight is 542 g/mol. The smallest absolute Gasteiger partial charge is 0.341 e. The number of alkyl halides is 8. The monoisotopic (exact) mass is 541 g/mol. The number of likely N-dealkylation sites (tertiary alicyclic amines) is 1. The van der Waals surface area contributed by atoms with Gasteiger partial charge in [0.25, 0.3) is 5.92 Å². The van der Waals surface area contributed by atoms with E-state index in [0.717, 1.165) is 23.6 Å². The second kappa shape index (κ2) is 9.07. The van der Waals surface area contributed by atoms with E-state index in [-0.39, 0.29) is 30.6 Å². The number of hydrogen-bond acceptors (Lipinski definition) is 3. The zero-order valence-electron chi connectivity index (χ0n) is 20.9. The molecule has 37 heavy (non-hydrogen) atoms. The molecule has 1 aromatic carbocycles. The predicted octanol–water partition coefficient (Wildman–Crippen LogP) is 5.51. The van der Waals surface area contributed by atoms with Gasteiger partial charge in [-0.25, -0.2) is 8.78 Å². The minimum Gasteiger partial charge on any atom is -0.341 e. The van der Waals surface area contributed by atoms with Gasteiger partial charge in [0, 0.05) is 56.3 Å². The number of nitrogens with zero attached hydrogens (tertiary/aromatic N) is 3. The number of carbonyl (C=O) groups excluding carboxylic acids is 1. The van der Waals surface area contributed by atoms with E-state index < -0.39 is 66.0 Å². The highest BCUT2D eigenvalue weighted by Gasteiger charge is 2.70. The highest BCUT2D eigenvalue weighted by Crippen LogP contribution is 2.59. The summed E-state index contributed by atoms with van der Waals surface area (Å²) in [5.74, 6) is -6.97. The lowest BCUT2D eigenvalue weighted by Gasteiger charge is -2.46. The molecule has 3 fully saturated rings. The van der Waals surface area contributed by atoms with Crippen molar-refractivity contribution in [3.8, 4) is 0 Å². The van der Waals surface area contributed by atoms with E-state index in [1.165, 1.54) is 6.07 Å². The van der Waals surface area contributed by atoms with Gasteiger partial charge in [0.2, 0.25) is 5.91 Å².